The van der Waals surface area contributed by atoms with E-state index in [1.807, 2.05) is 4.90 Å². The Balaban J connectivity index is 1.55. The molecule has 0 saturated carbocycles. The monoisotopic (exact) mass is 424 g/mol. The average Bonchev–Trinajstić information content (AvgIpc) is 3.27. The van der Waals surface area contributed by atoms with Crippen LogP contribution in [0.5, 0.6) is 6.01 Å². The minimum absolute atomic E-state index is 0.0524. The van der Waals surface area contributed by atoms with Crippen LogP contribution >= 0.6 is 0 Å². The van der Waals surface area contributed by atoms with Gasteiger partial charge in [0.05, 0.1) is 19.2 Å². The van der Waals surface area contributed by atoms with Crippen LogP contribution in [0.1, 0.15) is 56.7 Å². The van der Waals surface area contributed by atoms with E-state index in [1.54, 1.807) is 0 Å². The van der Waals surface area contributed by atoms with Gasteiger partial charge in [-0.15, -0.1) is 0 Å². The molecular formula is C23H32N6O2. The van der Waals surface area contributed by atoms with E-state index in [9.17, 15) is 4.79 Å². The van der Waals surface area contributed by atoms with Crippen LogP contribution < -0.4 is 20.7 Å². The third-order valence-electron chi connectivity index (χ3n) is 6.01. The second kappa shape index (κ2) is 9.51. The SMILES string of the molecule is CCCCOc1nc(N)c2c(n1)N(C(C)c1ccc(CN3CCCC3)cc1)CC(=O)N2. The van der Waals surface area contributed by atoms with Crippen LogP contribution in [0.15, 0.2) is 24.3 Å². The third-order valence-corrected chi connectivity index (χ3v) is 6.01. The molecule has 1 aromatic heterocycles. The summed E-state index contributed by atoms with van der Waals surface area (Å²) in [5.74, 6) is 0.704. The molecule has 1 atom stereocenters. The van der Waals surface area contributed by atoms with Crippen molar-refractivity contribution in [2.75, 3.05) is 42.2 Å². The maximum absolute atomic E-state index is 12.4. The van der Waals surface area contributed by atoms with Crippen LogP contribution in [-0.2, 0) is 11.3 Å². The Bertz CT molecular complexity index is 911. The number of unbranched alkanes of at least 4 members (excludes halogenated alkanes) is 1. The van der Waals surface area contributed by atoms with E-state index < -0.39 is 0 Å². The highest BCUT2D eigenvalue weighted by Gasteiger charge is 2.31. The van der Waals surface area contributed by atoms with Crippen molar-refractivity contribution in [2.45, 2.75) is 52.1 Å². The number of likely N-dealkylation sites (tertiary alicyclic amines) is 1. The molecule has 0 spiro atoms. The summed E-state index contributed by atoms with van der Waals surface area (Å²) in [5.41, 5.74) is 9.02. The molecule has 0 bridgehead atoms. The van der Waals surface area contributed by atoms with Gasteiger partial charge in [-0.25, -0.2) is 0 Å². The van der Waals surface area contributed by atoms with Crippen LogP contribution in [0, 0.1) is 0 Å². The normalized spacial score (nSPS) is 17.4. The smallest absolute Gasteiger partial charge is 0.320 e. The van der Waals surface area contributed by atoms with Gasteiger partial charge >= 0.3 is 6.01 Å². The average molecular weight is 425 g/mol. The molecule has 2 aliphatic heterocycles. The molecule has 1 saturated heterocycles. The van der Waals surface area contributed by atoms with Crippen molar-refractivity contribution in [3.8, 4) is 6.01 Å². The number of nitrogens with zero attached hydrogens (tertiary/aromatic N) is 4. The number of carbonyl (C=O) groups is 1. The largest absolute Gasteiger partial charge is 0.463 e. The van der Waals surface area contributed by atoms with Gasteiger partial charge in [-0.2, -0.15) is 9.97 Å². The lowest BCUT2D eigenvalue weighted by Crippen LogP contribution is -2.41. The Labute approximate surface area is 183 Å². The van der Waals surface area contributed by atoms with Crippen LogP contribution in [-0.4, -0.2) is 47.0 Å². The number of amides is 1. The molecule has 31 heavy (non-hydrogen) atoms. The van der Waals surface area contributed by atoms with Gasteiger partial charge in [0.1, 0.15) is 5.69 Å². The molecule has 0 radical (unpaired) electrons. The van der Waals surface area contributed by atoms with Crippen LogP contribution in [0.3, 0.4) is 0 Å². The number of hydrogen-bond donors (Lipinski definition) is 2. The number of fused-ring (bicyclic) bond motifs is 1. The summed E-state index contributed by atoms with van der Waals surface area (Å²) in [6.07, 6.45) is 4.52. The molecule has 0 aliphatic carbocycles. The first-order valence-electron chi connectivity index (χ1n) is 11.2. The van der Waals surface area contributed by atoms with Crippen LogP contribution in [0.25, 0.3) is 0 Å². The van der Waals surface area contributed by atoms with Crippen molar-refractivity contribution in [1.29, 1.82) is 0 Å². The molecule has 1 unspecified atom stereocenters. The molecular weight excluding hydrogens is 392 g/mol. The maximum atomic E-state index is 12.4. The molecule has 8 heteroatoms. The zero-order valence-electron chi connectivity index (χ0n) is 18.4. The molecule has 1 aromatic carbocycles. The van der Waals surface area contributed by atoms with Crippen molar-refractivity contribution in [3.05, 3.63) is 35.4 Å². The number of nitrogens with two attached hydrogens (primary N) is 1. The second-order valence-electron chi connectivity index (χ2n) is 8.37. The number of rotatable bonds is 8. The van der Waals surface area contributed by atoms with Gasteiger partial charge in [0.15, 0.2) is 11.6 Å². The van der Waals surface area contributed by atoms with E-state index in [1.165, 1.54) is 31.5 Å². The van der Waals surface area contributed by atoms with E-state index in [-0.39, 0.29) is 30.3 Å². The Morgan fingerprint density at radius 1 is 1.19 bits per heavy atom. The lowest BCUT2D eigenvalue weighted by molar-refractivity contribution is -0.115. The molecule has 8 nitrogen and oxygen atoms in total. The summed E-state index contributed by atoms with van der Waals surface area (Å²) < 4.78 is 5.69. The number of aromatic nitrogens is 2. The summed E-state index contributed by atoms with van der Waals surface area (Å²) in [6.45, 7) is 8.27. The van der Waals surface area contributed by atoms with Gasteiger partial charge in [-0.3, -0.25) is 9.69 Å². The Morgan fingerprint density at radius 3 is 2.65 bits per heavy atom. The number of anilines is 3. The predicted octanol–water partition coefficient (Wildman–Crippen LogP) is 3.35. The molecule has 1 amide bonds. The molecule has 4 rings (SSSR count). The zero-order chi connectivity index (χ0) is 21.8. The minimum Gasteiger partial charge on any atom is -0.463 e. The summed E-state index contributed by atoms with van der Waals surface area (Å²) >= 11 is 0. The first-order valence-corrected chi connectivity index (χ1v) is 11.2. The number of carbonyl (C=O) groups excluding carboxylic acids is 1. The number of nitrogen functional groups attached to an aromatic ring is 1. The van der Waals surface area contributed by atoms with Crippen molar-refractivity contribution in [1.82, 2.24) is 14.9 Å². The zero-order valence-corrected chi connectivity index (χ0v) is 18.4. The van der Waals surface area contributed by atoms with E-state index in [0.29, 0.717) is 18.1 Å². The van der Waals surface area contributed by atoms with Gasteiger partial charge in [-0.1, -0.05) is 37.6 Å². The van der Waals surface area contributed by atoms with Gasteiger partial charge < -0.3 is 20.7 Å². The fraction of sp³-hybridized carbons (Fsp3) is 0.522. The highest BCUT2D eigenvalue weighted by atomic mass is 16.5. The van der Waals surface area contributed by atoms with Crippen molar-refractivity contribution in [2.24, 2.45) is 0 Å². The first kappa shape index (κ1) is 21.4. The second-order valence-corrected chi connectivity index (χ2v) is 8.37. The summed E-state index contributed by atoms with van der Waals surface area (Å²) in [6, 6.07) is 8.85. The quantitative estimate of drug-likeness (QED) is 0.627. The predicted molar refractivity (Wildman–Crippen MR) is 122 cm³/mol. The molecule has 3 N–H and O–H groups in total. The fourth-order valence-corrected chi connectivity index (χ4v) is 4.15. The molecule has 166 valence electrons. The summed E-state index contributed by atoms with van der Waals surface area (Å²) in [5, 5.41) is 2.82. The lowest BCUT2D eigenvalue weighted by Gasteiger charge is -2.35. The van der Waals surface area contributed by atoms with Gasteiger partial charge in [-0.05, 0) is 50.4 Å². The first-order chi connectivity index (χ1) is 15.0. The Kier molecular flexibility index (Phi) is 6.56. The third kappa shape index (κ3) is 4.90. The van der Waals surface area contributed by atoms with Gasteiger partial charge in [0.25, 0.3) is 0 Å². The Morgan fingerprint density at radius 2 is 1.94 bits per heavy atom. The van der Waals surface area contributed by atoms with E-state index >= 15 is 0 Å². The molecule has 2 aromatic rings. The number of hydrogen-bond acceptors (Lipinski definition) is 7. The van der Waals surface area contributed by atoms with E-state index in [2.05, 4.69) is 58.3 Å². The minimum atomic E-state index is -0.125. The van der Waals surface area contributed by atoms with Gasteiger partial charge in [0.2, 0.25) is 5.91 Å². The van der Waals surface area contributed by atoms with E-state index in [4.69, 9.17) is 10.5 Å². The number of nitrogens with one attached hydrogen (secondary N) is 1. The van der Waals surface area contributed by atoms with Crippen molar-refractivity contribution < 1.29 is 9.53 Å². The van der Waals surface area contributed by atoms with Crippen molar-refractivity contribution >= 4 is 23.2 Å². The standard InChI is InChI=1S/C23H32N6O2/c1-3-4-13-31-23-26-21(24)20-22(27-23)29(15-19(30)25-20)16(2)18-9-7-17(8-10-18)14-28-11-5-6-12-28/h7-10,16H,3-6,11-15H2,1-2H3,(H,25,30)(H2,24,26,27). The fourth-order valence-electron chi connectivity index (χ4n) is 4.15. The highest BCUT2D eigenvalue weighted by molar-refractivity contribution is 6.03. The summed E-state index contributed by atoms with van der Waals surface area (Å²) in [7, 11) is 0. The Hall–Kier alpha value is -2.87. The van der Waals surface area contributed by atoms with Gasteiger partial charge in [0, 0.05) is 6.54 Å². The van der Waals surface area contributed by atoms with Crippen LogP contribution in [0.2, 0.25) is 0 Å². The molecule has 1 fully saturated rings. The topological polar surface area (TPSA) is 96.6 Å². The number of benzene rings is 1. The lowest BCUT2D eigenvalue weighted by atomic mass is 10.0. The summed E-state index contributed by atoms with van der Waals surface area (Å²) in [4.78, 5) is 25.6. The van der Waals surface area contributed by atoms with Crippen LogP contribution in [0.4, 0.5) is 17.3 Å². The highest BCUT2D eigenvalue weighted by Crippen LogP contribution is 2.38. The van der Waals surface area contributed by atoms with Crippen molar-refractivity contribution in [3.63, 3.8) is 0 Å². The molecule has 2 aliphatic rings. The molecule has 3 heterocycles. The van der Waals surface area contributed by atoms with E-state index in [0.717, 1.165) is 24.9 Å². The number of ether oxygens (including phenoxy) is 1. The maximum Gasteiger partial charge on any atom is 0.320 e.